The van der Waals surface area contributed by atoms with Crippen molar-refractivity contribution in [1.82, 2.24) is 25.8 Å². The summed E-state index contributed by atoms with van der Waals surface area (Å²) in [6, 6.07) is 20.4. The first-order chi connectivity index (χ1) is 36.7. The molecule has 3 aliphatic heterocycles. The molecule has 1 aromatic heterocycles. The number of halogens is 1. The number of nitrogens with one attached hydrogen (secondary N) is 6. The van der Waals surface area contributed by atoms with E-state index in [1.54, 1.807) is 42.5 Å². The van der Waals surface area contributed by atoms with Crippen molar-refractivity contribution < 1.29 is 60.6 Å². The number of anilines is 4. The average Bonchev–Trinajstić information content (AvgIpc) is 3.66. The highest BCUT2D eigenvalue weighted by atomic mass is 32.2. The third-order valence-electron chi connectivity index (χ3n) is 12.6. The van der Waals surface area contributed by atoms with Crippen LogP contribution in [-0.4, -0.2) is 125 Å². The molecule has 8 rings (SSSR count). The Hall–Kier alpha value is -8.12. The molecule has 23 heteroatoms. The monoisotopic (exact) mass is 1060 g/mol. The van der Waals surface area contributed by atoms with Crippen molar-refractivity contribution in [3.8, 4) is 22.3 Å². The minimum absolute atomic E-state index is 0.0341. The number of piperidine rings is 1. The maximum absolute atomic E-state index is 15.6. The van der Waals surface area contributed by atoms with Crippen molar-refractivity contribution in [2.45, 2.75) is 55.9 Å². The zero-order valence-electron chi connectivity index (χ0n) is 41.2. The van der Waals surface area contributed by atoms with E-state index in [9.17, 15) is 42.0 Å². The van der Waals surface area contributed by atoms with Crippen LogP contribution in [0.5, 0.6) is 0 Å². The van der Waals surface area contributed by atoms with E-state index >= 15 is 4.39 Å². The summed E-state index contributed by atoms with van der Waals surface area (Å²) in [5.41, 5.74) is 10.6. The zero-order chi connectivity index (χ0) is 53.8. The highest BCUT2D eigenvalue weighted by Gasteiger charge is 2.45. The van der Waals surface area contributed by atoms with E-state index in [0.717, 1.165) is 16.5 Å². The number of rotatable bonds is 25. The fourth-order valence-corrected chi connectivity index (χ4v) is 9.86. The summed E-state index contributed by atoms with van der Waals surface area (Å²) in [6.45, 7) is 2.78. The molecule has 21 nitrogen and oxygen atoms in total. The Labute approximate surface area is 436 Å². The first-order valence-electron chi connectivity index (χ1n) is 24.6. The fourth-order valence-electron chi connectivity index (χ4n) is 8.80. The average molecular weight is 1060 g/mol. The van der Waals surface area contributed by atoms with Gasteiger partial charge in [0.1, 0.15) is 17.7 Å². The van der Waals surface area contributed by atoms with Gasteiger partial charge in [0.05, 0.1) is 61.4 Å². The number of benzene rings is 4. The van der Waals surface area contributed by atoms with Crippen LogP contribution in [0.15, 0.2) is 96.0 Å². The lowest BCUT2D eigenvalue weighted by Gasteiger charge is -2.27. The Morgan fingerprint density at radius 1 is 0.737 bits per heavy atom. The van der Waals surface area contributed by atoms with Crippen molar-refractivity contribution in [2.24, 2.45) is 0 Å². The summed E-state index contributed by atoms with van der Waals surface area (Å²) in [4.78, 5) is 92.3. The van der Waals surface area contributed by atoms with Gasteiger partial charge >= 0.3 is 0 Å². The molecule has 0 aliphatic carbocycles. The molecule has 1 unspecified atom stereocenters. The number of hydrogen-bond donors (Lipinski definition) is 7. The summed E-state index contributed by atoms with van der Waals surface area (Å²) in [7, 11) is -4.26. The van der Waals surface area contributed by atoms with Crippen LogP contribution in [0, 0.1) is 5.82 Å². The third-order valence-corrected chi connectivity index (χ3v) is 14.0. The molecule has 0 saturated carbocycles. The van der Waals surface area contributed by atoms with Gasteiger partial charge in [0, 0.05) is 78.7 Å². The summed E-state index contributed by atoms with van der Waals surface area (Å²) >= 11 is 0. The number of nitrogen functional groups attached to an aromatic ring is 1. The lowest BCUT2D eigenvalue weighted by Crippen LogP contribution is -2.54. The predicted octanol–water partition coefficient (Wildman–Crippen LogP) is 4.40. The molecule has 1 atom stereocenters. The number of fused-ring (bicyclic) bond motifs is 2. The highest BCUT2D eigenvalue weighted by molar-refractivity contribution is 7.92. The SMILES string of the molecule is Nc1ncc(-c2ccc(S(=O)(=O)Nc3cccc(NC(=O)CCCCNC(=O)CCOCCOCCOCCNc4cccc5c4C(=O)N(C4CCC(=O)NC4=O)C5=O)c3)cc2F)cc1-c1ccc2c(c1)CCNC2=O. The van der Waals surface area contributed by atoms with Gasteiger partial charge < -0.3 is 41.2 Å². The van der Waals surface area contributed by atoms with Crippen LogP contribution in [0.4, 0.5) is 27.3 Å². The number of carbonyl (C=O) groups excluding carboxylic acids is 7. The van der Waals surface area contributed by atoms with Crippen molar-refractivity contribution in [3.05, 3.63) is 119 Å². The second-order valence-corrected chi connectivity index (χ2v) is 19.6. The summed E-state index contributed by atoms with van der Waals surface area (Å²) in [6.07, 6.45) is 3.45. The van der Waals surface area contributed by atoms with Gasteiger partial charge in [-0.3, -0.25) is 48.5 Å². The number of pyridine rings is 1. The topological polar surface area (TPSA) is 296 Å². The predicted molar refractivity (Wildman–Crippen MR) is 277 cm³/mol. The molecule has 5 aromatic rings. The molecular weight excluding hydrogens is 1010 g/mol. The number of sulfonamides is 1. The molecule has 3 aliphatic rings. The van der Waals surface area contributed by atoms with Gasteiger partial charge in [-0.25, -0.2) is 17.8 Å². The maximum atomic E-state index is 15.6. The Balaban J connectivity index is 0.663. The molecule has 4 heterocycles. The first-order valence-corrected chi connectivity index (χ1v) is 26.1. The molecule has 0 spiro atoms. The van der Waals surface area contributed by atoms with Crippen molar-refractivity contribution in [3.63, 3.8) is 0 Å². The smallest absolute Gasteiger partial charge is 0.264 e. The number of aromatic nitrogens is 1. The molecule has 76 heavy (non-hydrogen) atoms. The molecular formula is C53H56FN9O12S. The van der Waals surface area contributed by atoms with Gasteiger partial charge in [0.2, 0.25) is 23.6 Å². The number of amides is 7. The quantitative estimate of drug-likeness (QED) is 0.0315. The number of ether oxygens (including phenoxy) is 3. The van der Waals surface area contributed by atoms with Gasteiger partial charge in [0.15, 0.2) is 0 Å². The highest BCUT2D eigenvalue weighted by Crippen LogP contribution is 2.35. The van der Waals surface area contributed by atoms with Crippen LogP contribution in [0.2, 0.25) is 0 Å². The Morgan fingerprint density at radius 3 is 2.28 bits per heavy atom. The Bertz CT molecular complexity index is 3180. The minimum atomic E-state index is -4.26. The number of carbonyl (C=O) groups is 7. The number of imide groups is 2. The molecule has 398 valence electrons. The standard InChI is InChI=1S/C53H56FN9O12S/c54-42-30-37(11-13-38(42)34-28-41(49(55)59-31-34)32-10-12-39-33(27-32)16-19-58-50(39)67)76(71,72)62-36-6-3-5-35(29-36)60-46(65)9-1-2-18-57-45(64)17-21-73-23-25-75-26-24-74-22-20-56-43-8-4-7-40-48(43)53(70)63(52(40)69)44-14-15-47(66)61-51(44)68/h3-8,10-13,27-31,44,56,62H,1-2,9,14-26H2,(H2,55,59)(H,57,64)(H,58,67)(H,60,65)(H,61,66,68). The molecule has 1 saturated heterocycles. The van der Waals surface area contributed by atoms with Crippen LogP contribution in [0.1, 0.15) is 75.2 Å². The molecule has 0 bridgehead atoms. The van der Waals surface area contributed by atoms with E-state index in [4.69, 9.17) is 19.9 Å². The second kappa shape index (κ2) is 24.9. The second-order valence-electron chi connectivity index (χ2n) is 17.9. The first kappa shape index (κ1) is 54.2. The van der Waals surface area contributed by atoms with Crippen molar-refractivity contribution in [1.29, 1.82) is 0 Å². The van der Waals surface area contributed by atoms with Crippen molar-refractivity contribution >= 4 is 74.3 Å². The number of nitrogens with zero attached hydrogens (tertiary/aromatic N) is 2. The summed E-state index contributed by atoms with van der Waals surface area (Å²) < 4.78 is 61.4. The van der Waals surface area contributed by atoms with Gasteiger partial charge in [-0.2, -0.15) is 0 Å². The van der Waals surface area contributed by atoms with Crippen LogP contribution >= 0.6 is 0 Å². The largest absolute Gasteiger partial charge is 0.383 e. The van der Waals surface area contributed by atoms with Crippen molar-refractivity contribution in [2.75, 3.05) is 80.4 Å². The molecule has 1 fully saturated rings. The van der Waals surface area contributed by atoms with Gasteiger partial charge in [-0.05, 0) is 91.4 Å². The lowest BCUT2D eigenvalue weighted by molar-refractivity contribution is -0.136. The van der Waals surface area contributed by atoms with Crippen LogP contribution < -0.4 is 37.0 Å². The van der Waals surface area contributed by atoms with Crippen LogP contribution in [0.25, 0.3) is 22.3 Å². The van der Waals surface area contributed by atoms with Gasteiger partial charge in [-0.15, -0.1) is 0 Å². The van der Waals surface area contributed by atoms with E-state index in [2.05, 4.69) is 36.3 Å². The number of nitrogens with two attached hydrogens (primary N) is 1. The number of hydrogen-bond acceptors (Lipinski definition) is 15. The number of unbranched alkanes of at least 4 members (excludes halogenated alkanes) is 1. The van der Waals surface area contributed by atoms with E-state index in [-0.39, 0.29) is 110 Å². The zero-order valence-corrected chi connectivity index (χ0v) is 42.0. The maximum Gasteiger partial charge on any atom is 0.264 e. The molecule has 0 radical (unpaired) electrons. The minimum Gasteiger partial charge on any atom is -0.383 e. The summed E-state index contributed by atoms with van der Waals surface area (Å²) in [5.74, 6) is -3.57. The Kier molecular flexibility index (Phi) is 17.8. The molecule has 8 N–H and O–H groups in total. The van der Waals surface area contributed by atoms with Crippen LogP contribution in [0.3, 0.4) is 0 Å². The lowest BCUT2D eigenvalue weighted by atomic mass is 9.94. The third kappa shape index (κ3) is 13.4. The van der Waals surface area contributed by atoms with E-state index in [1.807, 2.05) is 6.07 Å². The molecule has 4 aromatic carbocycles. The van der Waals surface area contributed by atoms with Gasteiger partial charge in [-0.1, -0.05) is 30.3 Å². The van der Waals surface area contributed by atoms with E-state index < -0.39 is 45.5 Å². The van der Waals surface area contributed by atoms with E-state index in [0.29, 0.717) is 79.1 Å². The van der Waals surface area contributed by atoms with Crippen LogP contribution in [-0.2, 0) is 49.8 Å². The van der Waals surface area contributed by atoms with E-state index in [1.165, 1.54) is 36.5 Å². The molecule has 7 amide bonds. The van der Waals surface area contributed by atoms with Gasteiger partial charge in [0.25, 0.3) is 27.7 Å². The normalized spacial score (nSPS) is 15.1. The fraction of sp³-hybridized carbons (Fsp3) is 0.321. The Morgan fingerprint density at radius 2 is 1.49 bits per heavy atom. The summed E-state index contributed by atoms with van der Waals surface area (Å²) in [5, 5.41) is 13.6.